The minimum Gasteiger partial charge on any atom is -0.477 e. The van der Waals surface area contributed by atoms with Gasteiger partial charge in [0.1, 0.15) is 9.09 Å². The van der Waals surface area contributed by atoms with Crippen molar-refractivity contribution in [3.05, 3.63) is 17.0 Å². The first-order valence-corrected chi connectivity index (χ1v) is 8.13. The van der Waals surface area contributed by atoms with E-state index in [-0.39, 0.29) is 21.0 Å². The van der Waals surface area contributed by atoms with Crippen molar-refractivity contribution < 1.29 is 23.1 Å². The zero-order chi connectivity index (χ0) is 14.0. The molecule has 6 nitrogen and oxygen atoms in total. The molecule has 106 valence electrons. The molecule has 2 rings (SSSR count). The molecule has 1 fully saturated rings. The van der Waals surface area contributed by atoms with Crippen LogP contribution in [-0.2, 0) is 14.8 Å². The van der Waals surface area contributed by atoms with E-state index in [4.69, 9.17) is 9.84 Å². The maximum absolute atomic E-state index is 12.1. The van der Waals surface area contributed by atoms with Crippen LogP contribution in [0.2, 0.25) is 0 Å². The lowest BCUT2D eigenvalue weighted by Crippen LogP contribution is -2.38. The minimum absolute atomic E-state index is 0.0113. The summed E-state index contributed by atoms with van der Waals surface area (Å²) in [6.45, 7) is 3.00. The molecule has 2 N–H and O–H groups in total. The van der Waals surface area contributed by atoms with Gasteiger partial charge in [0.05, 0.1) is 6.61 Å². The monoisotopic (exact) mass is 305 g/mol. The Morgan fingerprint density at radius 3 is 2.84 bits per heavy atom. The van der Waals surface area contributed by atoms with E-state index in [1.165, 1.54) is 12.1 Å². The standard InChI is InChI=1S/C11H15NO5S2/c1-7(8-4-5-17-6-8)12-19(15,16)10-3-2-9(18-10)11(13)14/h2-3,7-8,12H,4-6H2,1H3,(H,13,14). The van der Waals surface area contributed by atoms with Gasteiger partial charge in [0.2, 0.25) is 10.0 Å². The van der Waals surface area contributed by atoms with Crippen molar-refractivity contribution in [2.45, 2.75) is 23.6 Å². The van der Waals surface area contributed by atoms with Gasteiger partial charge >= 0.3 is 5.97 Å². The fourth-order valence-electron chi connectivity index (χ4n) is 1.93. The molecule has 0 bridgehead atoms. The van der Waals surface area contributed by atoms with Crippen LogP contribution in [0.1, 0.15) is 23.0 Å². The summed E-state index contributed by atoms with van der Waals surface area (Å²) in [6, 6.07) is 2.38. The number of carboxylic acid groups (broad SMARTS) is 1. The second-order valence-corrected chi connectivity index (χ2v) is 7.48. The maximum atomic E-state index is 12.1. The second kappa shape index (κ2) is 5.58. The molecular weight excluding hydrogens is 290 g/mol. The number of aromatic carboxylic acids is 1. The van der Waals surface area contributed by atoms with Crippen molar-refractivity contribution >= 4 is 27.3 Å². The lowest BCUT2D eigenvalue weighted by atomic mass is 10.0. The molecule has 1 aliphatic heterocycles. The molecule has 1 aliphatic rings. The van der Waals surface area contributed by atoms with Crippen LogP contribution in [0.25, 0.3) is 0 Å². The van der Waals surface area contributed by atoms with Crippen LogP contribution >= 0.6 is 11.3 Å². The van der Waals surface area contributed by atoms with E-state index in [1.807, 2.05) is 0 Å². The molecule has 2 heterocycles. The fourth-order valence-corrected chi connectivity index (χ4v) is 4.40. The zero-order valence-electron chi connectivity index (χ0n) is 10.3. The highest BCUT2D eigenvalue weighted by atomic mass is 32.2. The van der Waals surface area contributed by atoms with E-state index < -0.39 is 16.0 Å². The summed E-state index contributed by atoms with van der Waals surface area (Å²) >= 11 is 0.751. The smallest absolute Gasteiger partial charge is 0.345 e. The van der Waals surface area contributed by atoms with Crippen LogP contribution in [0.4, 0.5) is 0 Å². The highest BCUT2D eigenvalue weighted by Gasteiger charge is 2.27. The third-order valence-corrected chi connectivity index (χ3v) is 6.19. The number of rotatable bonds is 5. The number of carbonyl (C=O) groups is 1. The van der Waals surface area contributed by atoms with E-state index in [0.29, 0.717) is 13.2 Å². The molecule has 1 saturated heterocycles. The van der Waals surface area contributed by atoms with Crippen molar-refractivity contribution in [3.63, 3.8) is 0 Å². The lowest BCUT2D eigenvalue weighted by molar-refractivity contribution is 0.0702. The first-order valence-electron chi connectivity index (χ1n) is 5.83. The average Bonchev–Trinajstić information content (AvgIpc) is 3.00. The first-order chi connectivity index (χ1) is 8.90. The van der Waals surface area contributed by atoms with Gasteiger partial charge in [-0.3, -0.25) is 0 Å². The summed E-state index contributed by atoms with van der Waals surface area (Å²) < 4.78 is 32.0. The average molecular weight is 305 g/mol. The van der Waals surface area contributed by atoms with E-state index in [9.17, 15) is 13.2 Å². The normalized spacial score (nSPS) is 21.4. The summed E-state index contributed by atoms with van der Waals surface area (Å²) in [6.07, 6.45) is 0.828. The molecule has 0 spiro atoms. The Morgan fingerprint density at radius 2 is 2.32 bits per heavy atom. The van der Waals surface area contributed by atoms with Gasteiger partial charge in [-0.15, -0.1) is 11.3 Å². The Kier molecular flexibility index (Phi) is 4.24. The Bertz CT molecular complexity index is 559. The second-order valence-electron chi connectivity index (χ2n) is 4.46. The van der Waals surface area contributed by atoms with Crippen LogP contribution in [0.5, 0.6) is 0 Å². The molecule has 8 heteroatoms. The number of sulfonamides is 1. The third-order valence-electron chi connectivity index (χ3n) is 3.07. The van der Waals surface area contributed by atoms with Crippen molar-refractivity contribution in [2.24, 2.45) is 5.92 Å². The van der Waals surface area contributed by atoms with Gasteiger partial charge < -0.3 is 9.84 Å². The highest BCUT2D eigenvalue weighted by molar-refractivity contribution is 7.91. The predicted octanol–water partition coefficient (Wildman–Crippen LogP) is 1.15. The minimum atomic E-state index is -3.66. The summed E-state index contributed by atoms with van der Waals surface area (Å²) in [5.41, 5.74) is 0. The van der Waals surface area contributed by atoms with Crippen LogP contribution in [0.15, 0.2) is 16.3 Å². The molecule has 0 amide bonds. The van der Waals surface area contributed by atoms with Crippen LogP contribution in [-0.4, -0.2) is 38.7 Å². The number of carboxylic acids is 1. The Hall–Kier alpha value is -0.960. The largest absolute Gasteiger partial charge is 0.477 e. The lowest BCUT2D eigenvalue weighted by Gasteiger charge is -2.18. The maximum Gasteiger partial charge on any atom is 0.345 e. The Labute approximate surface area is 115 Å². The van der Waals surface area contributed by atoms with Crippen LogP contribution in [0, 0.1) is 5.92 Å². The van der Waals surface area contributed by atoms with Gasteiger partial charge in [0.15, 0.2) is 0 Å². The summed E-state index contributed by atoms with van der Waals surface area (Å²) in [5, 5.41) is 8.80. The molecular formula is C11H15NO5S2. The van der Waals surface area contributed by atoms with Crippen molar-refractivity contribution in [1.82, 2.24) is 4.72 Å². The van der Waals surface area contributed by atoms with Gasteiger partial charge in [-0.25, -0.2) is 17.9 Å². The van der Waals surface area contributed by atoms with Gasteiger partial charge in [-0.05, 0) is 25.5 Å². The van der Waals surface area contributed by atoms with E-state index in [0.717, 1.165) is 17.8 Å². The predicted molar refractivity (Wildman–Crippen MR) is 70.0 cm³/mol. The topological polar surface area (TPSA) is 92.7 Å². The molecule has 0 aromatic carbocycles. The number of hydrogen-bond donors (Lipinski definition) is 2. The molecule has 1 aromatic rings. The van der Waals surface area contributed by atoms with Gasteiger partial charge in [0.25, 0.3) is 0 Å². The number of hydrogen-bond acceptors (Lipinski definition) is 5. The van der Waals surface area contributed by atoms with Crippen molar-refractivity contribution in [3.8, 4) is 0 Å². The summed E-state index contributed by atoms with van der Waals surface area (Å²) in [5.74, 6) is -0.961. The van der Waals surface area contributed by atoms with Crippen LogP contribution in [0.3, 0.4) is 0 Å². The van der Waals surface area contributed by atoms with Crippen molar-refractivity contribution in [1.29, 1.82) is 0 Å². The highest BCUT2D eigenvalue weighted by Crippen LogP contribution is 2.23. The fraction of sp³-hybridized carbons (Fsp3) is 0.545. The Balaban J connectivity index is 2.10. The van der Waals surface area contributed by atoms with Gasteiger partial charge in [-0.1, -0.05) is 0 Å². The third kappa shape index (κ3) is 3.33. The molecule has 2 atom stereocenters. The van der Waals surface area contributed by atoms with Gasteiger partial charge in [0, 0.05) is 18.6 Å². The van der Waals surface area contributed by atoms with E-state index >= 15 is 0 Å². The molecule has 0 radical (unpaired) electrons. The number of ether oxygens (including phenoxy) is 1. The van der Waals surface area contributed by atoms with Crippen LogP contribution < -0.4 is 4.72 Å². The molecule has 0 saturated carbocycles. The molecule has 19 heavy (non-hydrogen) atoms. The first kappa shape index (κ1) is 14.4. The van der Waals surface area contributed by atoms with Gasteiger partial charge in [-0.2, -0.15) is 0 Å². The number of nitrogens with one attached hydrogen (secondary N) is 1. The SMILES string of the molecule is CC(NS(=O)(=O)c1ccc(C(=O)O)s1)C1CCOC1. The molecule has 1 aromatic heterocycles. The van der Waals surface area contributed by atoms with E-state index in [2.05, 4.69) is 4.72 Å². The summed E-state index contributed by atoms with van der Waals surface area (Å²) in [4.78, 5) is 10.8. The number of thiophene rings is 1. The van der Waals surface area contributed by atoms with Crippen molar-refractivity contribution in [2.75, 3.05) is 13.2 Å². The zero-order valence-corrected chi connectivity index (χ0v) is 12.0. The quantitative estimate of drug-likeness (QED) is 0.851. The van der Waals surface area contributed by atoms with E-state index in [1.54, 1.807) is 6.92 Å². The molecule has 2 unspecified atom stereocenters. The Morgan fingerprint density at radius 1 is 1.58 bits per heavy atom. The molecule has 0 aliphatic carbocycles. The summed E-state index contributed by atoms with van der Waals surface area (Å²) in [7, 11) is -3.66.